The Bertz CT molecular complexity index is 847. The van der Waals surface area contributed by atoms with E-state index in [-0.39, 0.29) is 10.8 Å². The maximum atomic E-state index is 12.9. The van der Waals surface area contributed by atoms with Gasteiger partial charge in [-0.2, -0.15) is 0 Å². The topological polar surface area (TPSA) is 90.5 Å². The summed E-state index contributed by atoms with van der Waals surface area (Å²) in [6.45, 7) is 13.0. The lowest BCUT2D eigenvalue weighted by molar-refractivity contribution is 0.0936. The van der Waals surface area contributed by atoms with Gasteiger partial charge in [-0.25, -0.2) is 13.1 Å². The van der Waals surface area contributed by atoms with Gasteiger partial charge in [0.15, 0.2) is 0 Å². The summed E-state index contributed by atoms with van der Waals surface area (Å²) >= 11 is 0. The SMILES string of the molecule is CC(C)CCNc1cc(C(=O)NC[C@@H]2CCCN(C)C2)cc(S(=O)(=O)NC(C)(C)C)c1. The first-order valence-corrected chi connectivity index (χ1v) is 12.7. The predicted octanol–water partition coefficient (Wildman–Crippen LogP) is 3.29. The van der Waals surface area contributed by atoms with E-state index < -0.39 is 15.6 Å². The molecule has 0 saturated carbocycles. The number of likely N-dealkylation sites (tertiary alicyclic amines) is 1. The lowest BCUT2D eigenvalue weighted by Gasteiger charge is -2.29. The molecule has 3 N–H and O–H groups in total. The Morgan fingerprint density at radius 2 is 1.94 bits per heavy atom. The molecule has 176 valence electrons. The number of carbonyl (C=O) groups excluding carboxylic acids is 1. The van der Waals surface area contributed by atoms with Gasteiger partial charge < -0.3 is 15.5 Å². The Morgan fingerprint density at radius 1 is 1.23 bits per heavy atom. The smallest absolute Gasteiger partial charge is 0.251 e. The molecule has 8 heteroatoms. The summed E-state index contributed by atoms with van der Waals surface area (Å²) in [5.41, 5.74) is 0.378. The van der Waals surface area contributed by atoms with Crippen molar-refractivity contribution in [3.63, 3.8) is 0 Å². The van der Waals surface area contributed by atoms with Crippen LogP contribution in [0.5, 0.6) is 0 Å². The van der Waals surface area contributed by atoms with Crippen LogP contribution in [-0.2, 0) is 10.0 Å². The standard InChI is InChI=1S/C23H40N4O3S/c1-17(2)9-10-24-20-12-19(13-21(14-20)31(29,30)26-23(3,4)5)22(28)25-15-18-8-7-11-27(6)16-18/h12-14,17-18,24,26H,7-11,15-16H2,1-6H3,(H,25,28)/t18-/m0/s1. The second-order valence-electron chi connectivity index (χ2n) is 10.2. The van der Waals surface area contributed by atoms with Crippen molar-refractivity contribution < 1.29 is 13.2 Å². The number of hydrogen-bond donors (Lipinski definition) is 3. The summed E-state index contributed by atoms with van der Waals surface area (Å²) in [7, 11) is -1.66. The lowest BCUT2D eigenvalue weighted by Crippen LogP contribution is -2.40. The summed E-state index contributed by atoms with van der Waals surface area (Å²) in [6.07, 6.45) is 3.18. The highest BCUT2D eigenvalue weighted by Gasteiger charge is 2.24. The van der Waals surface area contributed by atoms with Gasteiger partial charge in [0.05, 0.1) is 4.90 Å². The monoisotopic (exact) mass is 452 g/mol. The van der Waals surface area contributed by atoms with Crippen molar-refractivity contribution in [1.29, 1.82) is 0 Å². The molecule has 1 aliphatic heterocycles. The van der Waals surface area contributed by atoms with Crippen LogP contribution in [0.3, 0.4) is 0 Å². The van der Waals surface area contributed by atoms with E-state index in [0.29, 0.717) is 36.2 Å². The molecule has 0 unspecified atom stereocenters. The molecule has 1 amide bonds. The van der Waals surface area contributed by atoms with E-state index in [2.05, 4.69) is 41.2 Å². The van der Waals surface area contributed by atoms with Crippen molar-refractivity contribution in [1.82, 2.24) is 14.9 Å². The first-order chi connectivity index (χ1) is 14.4. The highest BCUT2D eigenvalue weighted by molar-refractivity contribution is 7.89. The minimum Gasteiger partial charge on any atom is -0.385 e. The number of benzene rings is 1. The minimum atomic E-state index is -3.76. The van der Waals surface area contributed by atoms with Crippen LogP contribution in [0.1, 0.15) is 64.2 Å². The van der Waals surface area contributed by atoms with Gasteiger partial charge in [0.2, 0.25) is 10.0 Å². The molecule has 1 saturated heterocycles. The Labute approximate surface area is 188 Å². The molecule has 0 radical (unpaired) electrons. The molecule has 7 nitrogen and oxygen atoms in total. The molecule has 0 bridgehead atoms. The lowest BCUT2D eigenvalue weighted by atomic mass is 9.98. The average molecular weight is 453 g/mol. The number of rotatable bonds is 9. The molecule has 1 aromatic rings. The Morgan fingerprint density at radius 3 is 2.55 bits per heavy atom. The van der Waals surface area contributed by atoms with E-state index in [1.54, 1.807) is 32.9 Å². The number of anilines is 1. The first kappa shape index (κ1) is 25.6. The fourth-order valence-corrected chi connectivity index (χ4v) is 5.22. The van der Waals surface area contributed by atoms with E-state index in [1.807, 2.05) is 0 Å². The minimum absolute atomic E-state index is 0.0968. The normalized spacial score (nSPS) is 18.2. The van der Waals surface area contributed by atoms with E-state index in [4.69, 9.17) is 0 Å². The molecular formula is C23H40N4O3S. The number of nitrogens with one attached hydrogen (secondary N) is 3. The van der Waals surface area contributed by atoms with Crippen LogP contribution in [0.4, 0.5) is 5.69 Å². The Kier molecular flexibility index (Phi) is 8.92. The summed E-state index contributed by atoms with van der Waals surface area (Å²) in [6, 6.07) is 4.80. The number of sulfonamides is 1. The van der Waals surface area contributed by atoms with E-state index in [0.717, 1.165) is 32.4 Å². The molecule has 1 heterocycles. The Hall–Kier alpha value is -1.64. The van der Waals surface area contributed by atoms with Crippen LogP contribution >= 0.6 is 0 Å². The maximum absolute atomic E-state index is 12.9. The number of piperidine rings is 1. The summed E-state index contributed by atoms with van der Waals surface area (Å²) in [5.74, 6) is 0.701. The van der Waals surface area contributed by atoms with E-state index >= 15 is 0 Å². The highest BCUT2D eigenvalue weighted by Crippen LogP contribution is 2.22. The summed E-state index contributed by atoms with van der Waals surface area (Å²) in [4.78, 5) is 15.3. The number of carbonyl (C=O) groups is 1. The third-order valence-electron chi connectivity index (χ3n) is 5.24. The first-order valence-electron chi connectivity index (χ1n) is 11.3. The third-order valence-corrected chi connectivity index (χ3v) is 6.98. The van der Waals surface area contributed by atoms with Crippen molar-refractivity contribution in [3.8, 4) is 0 Å². The van der Waals surface area contributed by atoms with Gasteiger partial charge in [-0.05, 0) is 83.7 Å². The number of nitrogens with zero attached hydrogens (tertiary/aromatic N) is 1. The van der Waals surface area contributed by atoms with Crippen LogP contribution in [0.2, 0.25) is 0 Å². The number of hydrogen-bond acceptors (Lipinski definition) is 5. The molecule has 0 aromatic heterocycles. The van der Waals surface area contributed by atoms with Gasteiger partial charge in [0.1, 0.15) is 0 Å². The zero-order chi connectivity index (χ0) is 23.2. The quantitative estimate of drug-likeness (QED) is 0.535. The van der Waals surface area contributed by atoms with Crippen LogP contribution in [-0.4, -0.2) is 58.0 Å². The van der Waals surface area contributed by atoms with Crippen molar-refractivity contribution in [3.05, 3.63) is 23.8 Å². The molecular weight excluding hydrogens is 412 g/mol. The van der Waals surface area contributed by atoms with Crippen LogP contribution in [0.15, 0.2) is 23.1 Å². The molecule has 1 atom stereocenters. The molecule has 0 spiro atoms. The predicted molar refractivity (Wildman–Crippen MR) is 127 cm³/mol. The zero-order valence-corrected chi connectivity index (χ0v) is 20.7. The second kappa shape index (κ2) is 10.8. The van der Waals surface area contributed by atoms with Gasteiger partial charge in [-0.3, -0.25) is 4.79 Å². The van der Waals surface area contributed by atoms with Gasteiger partial charge >= 0.3 is 0 Å². The number of amides is 1. The maximum Gasteiger partial charge on any atom is 0.251 e. The zero-order valence-electron chi connectivity index (χ0n) is 19.9. The van der Waals surface area contributed by atoms with Crippen LogP contribution in [0, 0.1) is 11.8 Å². The van der Waals surface area contributed by atoms with Gasteiger partial charge in [0.25, 0.3) is 5.91 Å². The summed E-state index contributed by atoms with van der Waals surface area (Å²) < 4.78 is 28.5. The Balaban J connectivity index is 2.22. The van der Waals surface area contributed by atoms with Crippen molar-refractivity contribution >= 4 is 21.6 Å². The average Bonchev–Trinajstić information content (AvgIpc) is 2.64. The fraction of sp³-hybridized carbons (Fsp3) is 0.696. The molecule has 1 aromatic carbocycles. The molecule has 31 heavy (non-hydrogen) atoms. The largest absolute Gasteiger partial charge is 0.385 e. The summed E-state index contributed by atoms with van der Waals surface area (Å²) in [5, 5.41) is 6.29. The van der Waals surface area contributed by atoms with E-state index in [1.165, 1.54) is 6.07 Å². The van der Waals surface area contributed by atoms with Gasteiger partial charge in [-0.1, -0.05) is 13.8 Å². The van der Waals surface area contributed by atoms with Crippen molar-refractivity contribution in [2.45, 2.75) is 64.3 Å². The highest BCUT2D eigenvalue weighted by atomic mass is 32.2. The second-order valence-corrected chi connectivity index (χ2v) is 11.9. The van der Waals surface area contributed by atoms with Crippen LogP contribution in [0.25, 0.3) is 0 Å². The van der Waals surface area contributed by atoms with Crippen molar-refractivity contribution in [2.24, 2.45) is 11.8 Å². The van der Waals surface area contributed by atoms with E-state index in [9.17, 15) is 13.2 Å². The molecule has 0 aliphatic carbocycles. The third kappa shape index (κ3) is 8.79. The molecule has 1 fully saturated rings. The van der Waals surface area contributed by atoms with Gasteiger partial charge in [-0.15, -0.1) is 0 Å². The molecule has 1 aliphatic rings. The van der Waals surface area contributed by atoms with Crippen molar-refractivity contribution in [2.75, 3.05) is 38.5 Å². The fourth-order valence-electron chi connectivity index (χ4n) is 3.73. The van der Waals surface area contributed by atoms with Gasteiger partial charge in [0, 0.05) is 36.4 Å². The molecule has 2 rings (SSSR count). The van der Waals surface area contributed by atoms with Crippen LogP contribution < -0.4 is 15.4 Å².